The Balaban J connectivity index is 3.31. The Bertz CT molecular complexity index is 429. The molecule has 22 heavy (non-hydrogen) atoms. The van der Waals surface area contributed by atoms with Crippen LogP contribution < -0.4 is 0 Å². The predicted molar refractivity (Wildman–Crippen MR) is 73.1 cm³/mol. The molecule has 0 saturated carbocycles. The predicted octanol–water partition coefficient (Wildman–Crippen LogP) is 0.266. The minimum absolute atomic E-state index is 0.0808. The fraction of sp³-hybridized carbons (Fsp3) is 0.429. The van der Waals surface area contributed by atoms with Gasteiger partial charge in [0.15, 0.2) is 0 Å². The van der Waals surface area contributed by atoms with Gasteiger partial charge in [0.25, 0.3) is 0 Å². The maximum absolute atomic E-state index is 10.9. The molecule has 8 heteroatoms. The molecule has 8 nitrogen and oxygen atoms in total. The number of ether oxygens (including phenoxy) is 4. The summed E-state index contributed by atoms with van der Waals surface area (Å²) < 4.78 is 19.7. The maximum Gasteiger partial charge on any atom is 0.331 e. The van der Waals surface area contributed by atoms with E-state index in [0.29, 0.717) is 13.2 Å². The van der Waals surface area contributed by atoms with E-state index in [4.69, 9.17) is 29.5 Å². The highest BCUT2D eigenvalue weighted by molar-refractivity contribution is 5.82. The molecule has 0 aliphatic carbocycles. The molecule has 0 atom stereocenters. The van der Waals surface area contributed by atoms with Crippen molar-refractivity contribution in [2.45, 2.75) is 0 Å². The fourth-order valence-corrected chi connectivity index (χ4v) is 1.03. The summed E-state index contributed by atoms with van der Waals surface area (Å²) in [6, 6.07) is 3.34. The zero-order valence-electron chi connectivity index (χ0n) is 11.9. The number of carbonyl (C=O) groups excluding carboxylic acids is 2. The maximum atomic E-state index is 10.9. The first kappa shape index (κ1) is 19.3. The first-order valence-corrected chi connectivity index (χ1v) is 6.32. The normalized spacial score (nSPS) is 10.3. The molecular weight excluding hydrogens is 292 g/mol. The van der Waals surface area contributed by atoms with Crippen LogP contribution in [0.1, 0.15) is 0 Å². The summed E-state index contributed by atoms with van der Waals surface area (Å²) in [5.74, 6) is -1.21. The molecule has 0 saturated heterocycles. The van der Waals surface area contributed by atoms with Gasteiger partial charge in [0.05, 0.1) is 38.6 Å². The second-order valence-electron chi connectivity index (χ2n) is 3.48. The Morgan fingerprint density at radius 3 is 1.45 bits per heavy atom. The number of hydrogen-bond donors (Lipinski definition) is 0. The molecule has 0 amide bonds. The topological polar surface area (TPSA) is 119 Å². The Morgan fingerprint density at radius 2 is 1.09 bits per heavy atom. The minimum atomic E-state index is -0.603. The zero-order valence-corrected chi connectivity index (χ0v) is 11.9. The van der Waals surface area contributed by atoms with Gasteiger partial charge in [-0.05, 0) is 0 Å². The van der Waals surface area contributed by atoms with Gasteiger partial charge < -0.3 is 18.9 Å². The molecule has 0 aromatic carbocycles. The van der Waals surface area contributed by atoms with Crippen LogP contribution in [0.5, 0.6) is 0 Å². The first-order chi connectivity index (χ1) is 10.7. The van der Waals surface area contributed by atoms with Crippen LogP contribution in [0.25, 0.3) is 0 Å². The van der Waals surface area contributed by atoms with Gasteiger partial charge >= 0.3 is 11.9 Å². The lowest BCUT2D eigenvalue weighted by molar-refractivity contribution is -0.141. The van der Waals surface area contributed by atoms with Gasteiger partial charge in [0.2, 0.25) is 0 Å². The largest absolute Gasteiger partial charge is 0.460 e. The third-order valence-corrected chi connectivity index (χ3v) is 1.90. The summed E-state index contributed by atoms with van der Waals surface area (Å²) in [7, 11) is 0. The smallest absolute Gasteiger partial charge is 0.331 e. The van der Waals surface area contributed by atoms with E-state index in [1.165, 1.54) is 0 Å². The molecule has 0 aliphatic heterocycles. The van der Waals surface area contributed by atoms with Crippen LogP contribution in [0.2, 0.25) is 0 Å². The summed E-state index contributed by atoms with van der Waals surface area (Å²) in [6.45, 7) is 1.18. The molecular formula is C14H16N2O6. The van der Waals surface area contributed by atoms with Crippen molar-refractivity contribution in [1.82, 2.24) is 0 Å². The zero-order chi connectivity index (χ0) is 16.5. The average Bonchev–Trinajstić information content (AvgIpc) is 2.52. The third-order valence-electron chi connectivity index (χ3n) is 1.90. The number of allylic oxidation sites excluding steroid dienone is 2. The summed E-state index contributed by atoms with van der Waals surface area (Å²) in [5.41, 5.74) is 0. The highest BCUT2D eigenvalue weighted by Gasteiger charge is 1.98. The molecule has 0 spiro atoms. The molecule has 0 rings (SSSR count). The van der Waals surface area contributed by atoms with Crippen LogP contribution in [-0.2, 0) is 28.5 Å². The van der Waals surface area contributed by atoms with Crippen molar-refractivity contribution in [3.05, 3.63) is 24.3 Å². The van der Waals surface area contributed by atoms with Crippen LogP contribution in [-0.4, -0.2) is 51.6 Å². The van der Waals surface area contributed by atoms with Crippen LogP contribution in [0, 0.1) is 22.7 Å². The standard InChI is InChI=1S/C14H16N2O6/c15-5-1-3-13(17)21-11-9-19-7-8-20-10-12-22-14(18)4-2-6-16/h1-4H,7-12H2. The minimum Gasteiger partial charge on any atom is -0.460 e. The van der Waals surface area contributed by atoms with Crippen molar-refractivity contribution in [2.75, 3.05) is 39.6 Å². The van der Waals surface area contributed by atoms with Crippen molar-refractivity contribution in [1.29, 1.82) is 10.5 Å². The van der Waals surface area contributed by atoms with Crippen molar-refractivity contribution < 1.29 is 28.5 Å². The lowest BCUT2D eigenvalue weighted by Crippen LogP contribution is -2.14. The van der Waals surface area contributed by atoms with Gasteiger partial charge in [-0.15, -0.1) is 0 Å². The average molecular weight is 308 g/mol. The van der Waals surface area contributed by atoms with Crippen molar-refractivity contribution in [3.8, 4) is 12.1 Å². The molecule has 0 fully saturated rings. The number of rotatable bonds is 11. The number of carbonyl (C=O) groups is 2. The summed E-state index contributed by atoms with van der Waals surface area (Å²) in [4.78, 5) is 21.9. The van der Waals surface area contributed by atoms with E-state index < -0.39 is 11.9 Å². The van der Waals surface area contributed by atoms with Crippen LogP contribution in [0.15, 0.2) is 24.3 Å². The first-order valence-electron chi connectivity index (χ1n) is 6.32. The molecule has 0 N–H and O–H groups in total. The van der Waals surface area contributed by atoms with E-state index >= 15 is 0 Å². The molecule has 118 valence electrons. The third kappa shape index (κ3) is 13.7. The van der Waals surface area contributed by atoms with Crippen molar-refractivity contribution in [3.63, 3.8) is 0 Å². The number of nitrogens with zero attached hydrogens (tertiary/aromatic N) is 2. The highest BCUT2D eigenvalue weighted by atomic mass is 16.6. The molecule has 0 radical (unpaired) electrons. The van der Waals surface area contributed by atoms with E-state index in [1.807, 2.05) is 0 Å². The fourth-order valence-electron chi connectivity index (χ4n) is 1.03. The van der Waals surface area contributed by atoms with Crippen LogP contribution in [0.4, 0.5) is 0 Å². The highest BCUT2D eigenvalue weighted by Crippen LogP contribution is 1.86. The molecule has 0 aliphatic rings. The monoisotopic (exact) mass is 308 g/mol. The van der Waals surface area contributed by atoms with E-state index in [2.05, 4.69) is 0 Å². The number of hydrogen-bond acceptors (Lipinski definition) is 8. The molecule has 0 heterocycles. The lowest BCUT2D eigenvalue weighted by Gasteiger charge is -2.06. The van der Waals surface area contributed by atoms with Crippen LogP contribution >= 0.6 is 0 Å². The number of nitriles is 2. The summed E-state index contributed by atoms with van der Waals surface area (Å²) >= 11 is 0. The van der Waals surface area contributed by atoms with Gasteiger partial charge in [-0.25, -0.2) is 9.59 Å². The van der Waals surface area contributed by atoms with E-state index in [0.717, 1.165) is 24.3 Å². The Labute approximate surface area is 128 Å². The summed E-state index contributed by atoms with van der Waals surface area (Å²) in [5, 5.41) is 16.4. The van der Waals surface area contributed by atoms with E-state index in [-0.39, 0.29) is 26.4 Å². The molecule has 0 aromatic rings. The molecule has 0 bridgehead atoms. The van der Waals surface area contributed by atoms with Gasteiger partial charge in [-0.3, -0.25) is 0 Å². The Morgan fingerprint density at radius 1 is 0.727 bits per heavy atom. The Kier molecular flexibility index (Phi) is 12.9. The molecule has 0 unspecified atom stereocenters. The van der Waals surface area contributed by atoms with E-state index in [9.17, 15) is 9.59 Å². The second kappa shape index (κ2) is 14.7. The Hall–Kier alpha value is -2.68. The lowest BCUT2D eigenvalue weighted by atomic mass is 10.5. The van der Waals surface area contributed by atoms with Crippen molar-refractivity contribution in [2.24, 2.45) is 0 Å². The van der Waals surface area contributed by atoms with Crippen molar-refractivity contribution >= 4 is 11.9 Å². The van der Waals surface area contributed by atoms with Crippen LogP contribution in [0.3, 0.4) is 0 Å². The van der Waals surface area contributed by atoms with Gasteiger partial charge in [0.1, 0.15) is 13.2 Å². The van der Waals surface area contributed by atoms with Gasteiger partial charge in [-0.2, -0.15) is 10.5 Å². The van der Waals surface area contributed by atoms with E-state index in [1.54, 1.807) is 12.1 Å². The SMILES string of the molecule is N#CC=CC(=O)OCCOCCOCCOC(=O)C=CC#N. The van der Waals surface area contributed by atoms with Gasteiger partial charge in [0, 0.05) is 24.3 Å². The second-order valence-corrected chi connectivity index (χ2v) is 3.48. The van der Waals surface area contributed by atoms with Gasteiger partial charge in [-0.1, -0.05) is 0 Å². The molecule has 0 aromatic heterocycles. The number of esters is 2. The quantitative estimate of drug-likeness (QED) is 0.231. The summed E-state index contributed by atoms with van der Waals surface area (Å²) in [6.07, 6.45) is 4.10.